The van der Waals surface area contributed by atoms with Crippen molar-refractivity contribution in [3.05, 3.63) is 27.6 Å². The van der Waals surface area contributed by atoms with E-state index in [4.69, 9.17) is 23.2 Å². The van der Waals surface area contributed by atoms with Gasteiger partial charge in [-0.2, -0.15) is 0 Å². The number of imide groups is 1. The van der Waals surface area contributed by atoms with E-state index in [-0.39, 0.29) is 10.1 Å². The van der Waals surface area contributed by atoms with Crippen LogP contribution in [0, 0.1) is 0 Å². The van der Waals surface area contributed by atoms with E-state index in [1.54, 1.807) is 17.5 Å². The highest BCUT2D eigenvalue weighted by molar-refractivity contribution is 7.14. The van der Waals surface area contributed by atoms with Crippen LogP contribution in [0.4, 0.5) is 5.00 Å². The molecule has 0 N–H and O–H groups in total. The van der Waals surface area contributed by atoms with Crippen LogP contribution in [0.3, 0.4) is 0 Å². The van der Waals surface area contributed by atoms with Crippen molar-refractivity contribution < 1.29 is 9.59 Å². The van der Waals surface area contributed by atoms with Gasteiger partial charge in [0.1, 0.15) is 15.1 Å². The molecule has 0 bridgehead atoms. The Hall–Kier alpha value is -0.840. The SMILES string of the molecule is O=C1C(Cl)=C(Cl)C(=O)N1c1cccs1. The highest BCUT2D eigenvalue weighted by Gasteiger charge is 2.38. The molecule has 0 spiro atoms. The Labute approximate surface area is 93.5 Å². The molecule has 3 nitrogen and oxygen atoms in total. The summed E-state index contributed by atoms with van der Waals surface area (Å²) in [6.07, 6.45) is 0. The van der Waals surface area contributed by atoms with Gasteiger partial charge in [-0.05, 0) is 17.5 Å². The van der Waals surface area contributed by atoms with Gasteiger partial charge in [-0.15, -0.1) is 11.3 Å². The van der Waals surface area contributed by atoms with E-state index < -0.39 is 11.8 Å². The number of halogens is 2. The lowest BCUT2D eigenvalue weighted by atomic mass is 10.5. The predicted octanol–water partition coefficient (Wildman–Crippen LogP) is 2.31. The second kappa shape index (κ2) is 3.38. The molecule has 72 valence electrons. The van der Waals surface area contributed by atoms with Gasteiger partial charge in [0, 0.05) is 0 Å². The monoisotopic (exact) mass is 247 g/mol. The van der Waals surface area contributed by atoms with Crippen LogP contribution in [-0.4, -0.2) is 11.8 Å². The lowest BCUT2D eigenvalue weighted by molar-refractivity contribution is -0.120. The van der Waals surface area contributed by atoms with Gasteiger partial charge in [-0.3, -0.25) is 9.59 Å². The van der Waals surface area contributed by atoms with Crippen LogP contribution in [-0.2, 0) is 9.59 Å². The molecule has 0 saturated carbocycles. The Morgan fingerprint density at radius 2 is 1.71 bits per heavy atom. The summed E-state index contributed by atoms with van der Waals surface area (Å²) in [4.78, 5) is 23.9. The number of rotatable bonds is 1. The lowest BCUT2D eigenvalue weighted by Gasteiger charge is -2.10. The van der Waals surface area contributed by atoms with E-state index >= 15 is 0 Å². The molecule has 14 heavy (non-hydrogen) atoms. The second-order valence-electron chi connectivity index (χ2n) is 2.52. The van der Waals surface area contributed by atoms with Gasteiger partial charge < -0.3 is 0 Å². The van der Waals surface area contributed by atoms with Crippen molar-refractivity contribution in [2.75, 3.05) is 4.90 Å². The van der Waals surface area contributed by atoms with Crippen LogP contribution in [0.5, 0.6) is 0 Å². The second-order valence-corrected chi connectivity index (χ2v) is 4.21. The third-order valence-corrected chi connectivity index (χ3v) is 3.35. The third-order valence-electron chi connectivity index (χ3n) is 1.70. The summed E-state index contributed by atoms with van der Waals surface area (Å²) < 4.78 is 0. The smallest absolute Gasteiger partial charge is 0.267 e. The van der Waals surface area contributed by atoms with Gasteiger partial charge in [-0.25, -0.2) is 4.90 Å². The van der Waals surface area contributed by atoms with E-state index in [1.807, 2.05) is 0 Å². The Morgan fingerprint density at radius 3 is 2.14 bits per heavy atom. The quantitative estimate of drug-likeness (QED) is 0.715. The van der Waals surface area contributed by atoms with Crippen LogP contribution in [0.1, 0.15) is 0 Å². The molecule has 0 saturated heterocycles. The number of hydrogen-bond acceptors (Lipinski definition) is 3. The molecule has 0 aliphatic carbocycles. The molecule has 6 heteroatoms. The first-order valence-electron chi connectivity index (χ1n) is 3.60. The minimum atomic E-state index is -0.566. The zero-order valence-electron chi connectivity index (χ0n) is 6.66. The average Bonchev–Trinajstić information content (AvgIpc) is 2.73. The summed E-state index contributed by atoms with van der Waals surface area (Å²) in [5.41, 5.74) is 0. The maximum atomic E-state index is 11.5. The maximum absolute atomic E-state index is 11.5. The topological polar surface area (TPSA) is 37.4 Å². The van der Waals surface area contributed by atoms with Crippen molar-refractivity contribution >= 4 is 51.4 Å². The first-order chi connectivity index (χ1) is 6.63. The van der Waals surface area contributed by atoms with Gasteiger partial charge in [0.25, 0.3) is 11.8 Å². The Morgan fingerprint density at radius 1 is 1.14 bits per heavy atom. The minimum Gasteiger partial charge on any atom is -0.267 e. The minimum absolute atomic E-state index is 0.218. The molecule has 0 atom stereocenters. The fourth-order valence-electron chi connectivity index (χ4n) is 1.07. The summed E-state index contributed by atoms with van der Waals surface area (Å²) in [6.45, 7) is 0. The van der Waals surface area contributed by atoms with E-state index in [2.05, 4.69) is 0 Å². The number of amides is 2. The number of anilines is 1. The molecular formula is C8H3Cl2NO2S. The Kier molecular flexibility index (Phi) is 2.34. The summed E-state index contributed by atoms with van der Waals surface area (Å²) in [5, 5.41) is 1.85. The van der Waals surface area contributed by atoms with Crippen molar-refractivity contribution in [2.24, 2.45) is 0 Å². The highest BCUT2D eigenvalue weighted by atomic mass is 35.5. The predicted molar refractivity (Wildman–Crippen MR) is 55.5 cm³/mol. The van der Waals surface area contributed by atoms with Crippen LogP contribution in [0.2, 0.25) is 0 Å². The summed E-state index contributed by atoms with van der Waals surface area (Å²) in [5.74, 6) is -1.13. The summed E-state index contributed by atoms with van der Waals surface area (Å²) in [7, 11) is 0. The molecule has 0 radical (unpaired) electrons. The molecule has 0 fully saturated rings. The largest absolute Gasteiger partial charge is 0.279 e. The van der Waals surface area contributed by atoms with E-state index in [0.717, 1.165) is 4.90 Å². The van der Waals surface area contributed by atoms with Crippen molar-refractivity contribution in [3.63, 3.8) is 0 Å². The Bertz CT molecular complexity index is 414. The third kappa shape index (κ3) is 1.27. The van der Waals surface area contributed by atoms with Gasteiger partial charge in [0.15, 0.2) is 0 Å². The molecule has 1 aromatic heterocycles. The van der Waals surface area contributed by atoms with Crippen molar-refractivity contribution in [2.45, 2.75) is 0 Å². The van der Waals surface area contributed by atoms with Crippen molar-refractivity contribution in [1.29, 1.82) is 0 Å². The van der Waals surface area contributed by atoms with Crippen molar-refractivity contribution in [1.82, 2.24) is 0 Å². The number of thiophene rings is 1. The van der Waals surface area contributed by atoms with E-state index in [1.165, 1.54) is 11.3 Å². The molecule has 2 rings (SSSR count). The average molecular weight is 248 g/mol. The lowest BCUT2D eigenvalue weighted by Crippen LogP contribution is -2.29. The maximum Gasteiger partial charge on any atom is 0.279 e. The number of carbonyl (C=O) groups excluding carboxylic acids is 2. The Balaban J connectivity index is 2.44. The highest BCUT2D eigenvalue weighted by Crippen LogP contribution is 2.33. The molecule has 2 amide bonds. The number of hydrogen-bond donors (Lipinski definition) is 0. The summed E-state index contributed by atoms with van der Waals surface area (Å²) in [6, 6.07) is 3.39. The van der Waals surface area contributed by atoms with Crippen LogP contribution in [0.15, 0.2) is 27.6 Å². The molecular weight excluding hydrogens is 245 g/mol. The van der Waals surface area contributed by atoms with E-state index in [0.29, 0.717) is 5.00 Å². The fraction of sp³-hybridized carbons (Fsp3) is 0. The molecule has 1 aliphatic rings. The zero-order chi connectivity index (χ0) is 10.3. The summed E-state index contributed by atoms with van der Waals surface area (Å²) >= 11 is 12.4. The van der Waals surface area contributed by atoms with Gasteiger partial charge in [-0.1, -0.05) is 23.2 Å². The molecule has 1 aliphatic heterocycles. The van der Waals surface area contributed by atoms with Crippen LogP contribution < -0.4 is 4.90 Å². The van der Waals surface area contributed by atoms with Gasteiger partial charge >= 0.3 is 0 Å². The van der Waals surface area contributed by atoms with Crippen molar-refractivity contribution in [3.8, 4) is 0 Å². The van der Waals surface area contributed by atoms with Crippen LogP contribution >= 0.6 is 34.5 Å². The zero-order valence-corrected chi connectivity index (χ0v) is 8.99. The molecule has 0 unspecified atom stereocenters. The fourth-order valence-corrected chi connectivity index (χ4v) is 2.13. The molecule has 2 heterocycles. The normalized spacial score (nSPS) is 17.1. The molecule has 0 aromatic carbocycles. The van der Waals surface area contributed by atoms with E-state index in [9.17, 15) is 9.59 Å². The van der Waals surface area contributed by atoms with Gasteiger partial charge in [0.05, 0.1) is 0 Å². The number of nitrogens with zero attached hydrogens (tertiary/aromatic N) is 1. The standard InChI is InChI=1S/C8H3Cl2NO2S/c9-5-6(10)8(13)11(7(5)12)4-2-1-3-14-4/h1-3H. The van der Waals surface area contributed by atoms with Gasteiger partial charge in [0.2, 0.25) is 0 Å². The number of carbonyl (C=O) groups is 2. The molecule has 1 aromatic rings. The van der Waals surface area contributed by atoms with Crippen LogP contribution in [0.25, 0.3) is 0 Å². The first kappa shape index (κ1) is 9.71. The first-order valence-corrected chi connectivity index (χ1v) is 5.24.